The van der Waals surface area contributed by atoms with Gasteiger partial charge in [-0.3, -0.25) is 4.99 Å². The number of hydrogen-bond donors (Lipinski definition) is 1. The van der Waals surface area contributed by atoms with Crippen LogP contribution in [0.4, 0.5) is 4.39 Å². The molecule has 1 aliphatic rings. The molecule has 3 rings (SSSR count). The van der Waals surface area contributed by atoms with Gasteiger partial charge in [0, 0.05) is 4.88 Å². The van der Waals surface area contributed by atoms with E-state index < -0.39 is 0 Å². The molecule has 1 aliphatic heterocycles. The fourth-order valence-electron chi connectivity index (χ4n) is 2.57. The van der Waals surface area contributed by atoms with Gasteiger partial charge in [-0.05, 0) is 41.6 Å². The lowest BCUT2D eigenvalue weighted by Gasteiger charge is -2.27. The third-order valence-electron chi connectivity index (χ3n) is 3.59. The van der Waals surface area contributed by atoms with E-state index >= 15 is 0 Å². The van der Waals surface area contributed by atoms with Gasteiger partial charge in [0.1, 0.15) is 5.82 Å². The first-order chi connectivity index (χ1) is 9.65. The highest BCUT2D eigenvalue weighted by Gasteiger charge is 2.28. The topological polar surface area (TPSA) is 41.6 Å². The molecule has 3 nitrogen and oxygen atoms in total. The molecule has 1 aromatic heterocycles. The minimum absolute atomic E-state index is 0.0951. The normalized spacial score (nSPS) is 18.4. The molecule has 2 N–H and O–H groups in total. The summed E-state index contributed by atoms with van der Waals surface area (Å²) in [5.74, 6) is 0.357. The number of nitrogens with zero attached hydrogens (tertiary/aromatic N) is 2. The Bertz CT molecular complexity index is 637. The van der Waals surface area contributed by atoms with Crippen LogP contribution in [0.3, 0.4) is 0 Å². The first-order valence-corrected chi connectivity index (χ1v) is 7.38. The third kappa shape index (κ3) is 2.41. The summed E-state index contributed by atoms with van der Waals surface area (Å²) in [7, 11) is 0. The highest BCUT2D eigenvalue weighted by atomic mass is 32.1. The van der Waals surface area contributed by atoms with Gasteiger partial charge >= 0.3 is 0 Å². The zero-order chi connectivity index (χ0) is 14.1. The Morgan fingerprint density at radius 3 is 3.00 bits per heavy atom. The third-order valence-corrected chi connectivity index (χ3v) is 4.45. The molecule has 0 radical (unpaired) electrons. The molecule has 0 fully saturated rings. The van der Waals surface area contributed by atoms with E-state index in [1.54, 1.807) is 17.4 Å². The molecule has 0 aliphatic carbocycles. The van der Waals surface area contributed by atoms with Gasteiger partial charge in [0.05, 0.1) is 19.1 Å². The Hall–Kier alpha value is -1.88. The maximum Gasteiger partial charge on any atom is 0.192 e. The summed E-state index contributed by atoms with van der Waals surface area (Å²) in [6, 6.07) is 9.11. The van der Waals surface area contributed by atoms with Crippen molar-refractivity contribution in [2.75, 3.05) is 6.54 Å². The minimum Gasteiger partial charge on any atom is -0.370 e. The smallest absolute Gasteiger partial charge is 0.192 e. The van der Waals surface area contributed by atoms with Crippen molar-refractivity contribution in [3.63, 3.8) is 0 Å². The van der Waals surface area contributed by atoms with Crippen molar-refractivity contribution in [3.8, 4) is 0 Å². The molecule has 104 valence electrons. The summed E-state index contributed by atoms with van der Waals surface area (Å²) in [6.45, 7) is 3.30. The molecule has 20 heavy (non-hydrogen) atoms. The monoisotopic (exact) mass is 289 g/mol. The SMILES string of the molecule is Cc1cc(F)ccc1C1CN=C(N)N1Cc1cccs1. The highest BCUT2D eigenvalue weighted by molar-refractivity contribution is 7.09. The summed E-state index contributed by atoms with van der Waals surface area (Å²) >= 11 is 1.70. The summed E-state index contributed by atoms with van der Waals surface area (Å²) < 4.78 is 13.2. The predicted molar refractivity (Wildman–Crippen MR) is 80.2 cm³/mol. The van der Waals surface area contributed by atoms with Gasteiger partial charge in [-0.25, -0.2) is 4.39 Å². The number of rotatable bonds is 3. The number of aryl methyl sites for hydroxylation is 1. The molecule has 0 amide bonds. The summed E-state index contributed by atoms with van der Waals surface area (Å²) in [5.41, 5.74) is 8.04. The van der Waals surface area contributed by atoms with Crippen LogP contribution >= 0.6 is 11.3 Å². The van der Waals surface area contributed by atoms with Crippen LogP contribution in [0, 0.1) is 12.7 Å². The molecule has 1 unspecified atom stereocenters. The van der Waals surface area contributed by atoms with E-state index in [0.717, 1.165) is 17.7 Å². The van der Waals surface area contributed by atoms with Crippen molar-refractivity contribution in [2.24, 2.45) is 10.7 Å². The Morgan fingerprint density at radius 2 is 2.30 bits per heavy atom. The Morgan fingerprint density at radius 1 is 1.45 bits per heavy atom. The standard InChI is InChI=1S/C15H16FN3S/c1-10-7-11(16)4-5-13(10)14-8-18-15(17)19(14)9-12-3-2-6-20-12/h2-7,14H,8-9H2,1H3,(H2,17,18). The molecular weight excluding hydrogens is 273 g/mol. The van der Waals surface area contributed by atoms with Crippen molar-refractivity contribution in [1.82, 2.24) is 4.90 Å². The van der Waals surface area contributed by atoms with Crippen LogP contribution < -0.4 is 5.73 Å². The van der Waals surface area contributed by atoms with Gasteiger partial charge in [-0.15, -0.1) is 11.3 Å². The summed E-state index contributed by atoms with van der Waals surface area (Å²) in [4.78, 5) is 7.69. The summed E-state index contributed by atoms with van der Waals surface area (Å²) in [5, 5.41) is 2.05. The van der Waals surface area contributed by atoms with E-state index in [2.05, 4.69) is 21.3 Å². The molecule has 0 spiro atoms. The average Bonchev–Trinajstić information content (AvgIpc) is 3.03. The largest absolute Gasteiger partial charge is 0.370 e. The number of thiophene rings is 1. The zero-order valence-electron chi connectivity index (χ0n) is 11.2. The number of aliphatic imine (C=N–C) groups is 1. The maximum absolute atomic E-state index is 13.2. The molecule has 0 bridgehead atoms. The lowest BCUT2D eigenvalue weighted by Crippen LogP contribution is -2.35. The maximum atomic E-state index is 13.2. The van der Waals surface area contributed by atoms with E-state index in [1.807, 2.05) is 19.1 Å². The number of halogens is 1. The fourth-order valence-corrected chi connectivity index (χ4v) is 3.27. The number of nitrogens with two attached hydrogens (primary N) is 1. The van der Waals surface area contributed by atoms with Crippen molar-refractivity contribution in [2.45, 2.75) is 19.5 Å². The molecule has 2 aromatic rings. The predicted octanol–water partition coefficient (Wildman–Crippen LogP) is 3.07. The first kappa shape index (κ1) is 13.1. The quantitative estimate of drug-likeness (QED) is 0.943. The zero-order valence-corrected chi connectivity index (χ0v) is 12.0. The van der Waals surface area contributed by atoms with Crippen molar-refractivity contribution < 1.29 is 4.39 Å². The number of hydrogen-bond acceptors (Lipinski definition) is 4. The number of guanidine groups is 1. The molecule has 0 saturated carbocycles. The minimum atomic E-state index is -0.206. The van der Waals surface area contributed by atoms with Crippen LogP contribution in [0.15, 0.2) is 40.7 Å². The molecule has 1 aromatic carbocycles. The Balaban J connectivity index is 1.88. The number of benzene rings is 1. The molecule has 2 heterocycles. The van der Waals surface area contributed by atoms with Crippen LogP contribution in [0.5, 0.6) is 0 Å². The van der Waals surface area contributed by atoms with E-state index in [9.17, 15) is 4.39 Å². The molecule has 0 saturated heterocycles. The van der Waals surface area contributed by atoms with Crippen molar-refractivity contribution in [1.29, 1.82) is 0 Å². The van der Waals surface area contributed by atoms with Gasteiger partial charge in [0.25, 0.3) is 0 Å². The van der Waals surface area contributed by atoms with Crippen molar-refractivity contribution in [3.05, 3.63) is 57.5 Å². The van der Waals surface area contributed by atoms with Gasteiger partial charge in [-0.1, -0.05) is 12.1 Å². The fraction of sp³-hybridized carbons (Fsp3) is 0.267. The second-order valence-electron chi connectivity index (χ2n) is 4.92. The van der Waals surface area contributed by atoms with Gasteiger partial charge in [0.2, 0.25) is 0 Å². The van der Waals surface area contributed by atoms with Crippen LogP contribution in [-0.2, 0) is 6.54 Å². The second kappa shape index (κ2) is 5.25. The van der Waals surface area contributed by atoms with E-state index in [-0.39, 0.29) is 11.9 Å². The van der Waals surface area contributed by atoms with Gasteiger partial charge in [-0.2, -0.15) is 0 Å². The van der Waals surface area contributed by atoms with Crippen LogP contribution in [0.1, 0.15) is 22.0 Å². The highest BCUT2D eigenvalue weighted by Crippen LogP contribution is 2.30. The first-order valence-electron chi connectivity index (χ1n) is 6.50. The van der Waals surface area contributed by atoms with Crippen LogP contribution in [-0.4, -0.2) is 17.4 Å². The lowest BCUT2D eigenvalue weighted by atomic mass is 10.0. The lowest BCUT2D eigenvalue weighted by molar-refractivity contribution is 0.342. The van der Waals surface area contributed by atoms with E-state index in [1.165, 1.54) is 10.9 Å². The second-order valence-corrected chi connectivity index (χ2v) is 5.96. The molecule has 5 heteroatoms. The van der Waals surface area contributed by atoms with Crippen LogP contribution in [0.2, 0.25) is 0 Å². The van der Waals surface area contributed by atoms with Crippen molar-refractivity contribution >= 4 is 17.3 Å². The summed E-state index contributed by atoms with van der Waals surface area (Å²) in [6.07, 6.45) is 0. The van der Waals surface area contributed by atoms with E-state index in [4.69, 9.17) is 5.73 Å². The Labute approximate surface area is 121 Å². The van der Waals surface area contributed by atoms with Gasteiger partial charge in [0.15, 0.2) is 5.96 Å². The van der Waals surface area contributed by atoms with Crippen LogP contribution in [0.25, 0.3) is 0 Å². The molecule has 1 atom stereocenters. The van der Waals surface area contributed by atoms with Gasteiger partial charge < -0.3 is 10.6 Å². The Kier molecular flexibility index (Phi) is 3.44. The average molecular weight is 289 g/mol. The molecular formula is C15H16FN3S. The van der Waals surface area contributed by atoms with E-state index in [0.29, 0.717) is 12.5 Å².